The fraction of sp³-hybridized carbons (Fsp3) is 0.154. The van der Waals surface area contributed by atoms with E-state index in [1.807, 2.05) is 0 Å². The number of anilines is 2. The maximum absolute atomic E-state index is 12.4. The quantitative estimate of drug-likeness (QED) is 0.828. The zero-order chi connectivity index (χ0) is 14.3. The lowest BCUT2D eigenvalue weighted by Gasteiger charge is -2.15. The summed E-state index contributed by atoms with van der Waals surface area (Å²) in [6.45, 7) is 0.754. The predicted molar refractivity (Wildman–Crippen MR) is 75.9 cm³/mol. The van der Waals surface area contributed by atoms with Crippen molar-refractivity contribution in [2.75, 3.05) is 11.5 Å². The first kappa shape index (κ1) is 12.7. The monoisotopic (exact) mass is 289 g/mol. The minimum Gasteiger partial charge on any atom is -0.383 e. The molecule has 0 unspecified atom stereocenters. The van der Waals surface area contributed by atoms with Crippen molar-refractivity contribution < 1.29 is 4.79 Å². The van der Waals surface area contributed by atoms with Gasteiger partial charge in [0.15, 0.2) is 0 Å². The molecule has 3 rings (SSSR count). The Morgan fingerprint density at radius 2 is 2.05 bits per heavy atom. The number of hydrogen-bond acceptors (Lipinski definition) is 5. The normalized spacial score (nSPS) is 13.3. The lowest BCUT2D eigenvalue weighted by Crippen LogP contribution is -2.25. The van der Waals surface area contributed by atoms with Gasteiger partial charge in [-0.1, -0.05) is 17.7 Å². The number of amides is 1. The Hall–Kier alpha value is -2.34. The van der Waals surface area contributed by atoms with Gasteiger partial charge >= 0.3 is 0 Å². The van der Waals surface area contributed by atoms with Gasteiger partial charge in [0, 0.05) is 16.1 Å². The van der Waals surface area contributed by atoms with E-state index in [1.165, 1.54) is 0 Å². The standard InChI is InChI=1S/C13H12ClN5O/c14-8-3-1-2-7(4-8)12(20)19-5-9-10(6-19)17-13(16)18-11(9)15/h1-4H,5-6H2,(H4,15,16,17,18). The highest BCUT2D eigenvalue weighted by Gasteiger charge is 2.28. The summed E-state index contributed by atoms with van der Waals surface area (Å²) in [7, 11) is 0. The van der Waals surface area contributed by atoms with Crippen LogP contribution in [0.15, 0.2) is 24.3 Å². The molecule has 2 aromatic rings. The van der Waals surface area contributed by atoms with Crippen molar-refractivity contribution in [3.63, 3.8) is 0 Å². The third kappa shape index (κ3) is 2.14. The van der Waals surface area contributed by atoms with Gasteiger partial charge in [-0.25, -0.2) is 4.98 Å². The van der Waals surface area contributed by atoms with E-state index in [1.54, 1.807) is 29.2 Å². The summed E-state index contributed by atoms with van der Waals surface area (Å²) in [6.07, 6.45) is 0. The largest absolute Gasteiger partial charge is 0.383 e. The molecule has 0 fully saturated rings. The highest BCUT2D eigenvalue weighted by Crippen LogP contribution is 2.27. The van der Waals surface area contributed by atoms with Gasteiger partial charge in [0.1, 0.15) is 5.82 Å². The molecule has 0 radical (unpaired) electrons. The maximum atomic E-state index is 12.4. The second-order valence-corrected chi connectivity index (χ2v) is 5.00. The van der Waals surface area contributed by atoms with Gasteiger partial charge in [0.25, 0.3) is 5.91 Å². The summed E-state index contributed by atoms with van der Waals surface area (Å²) < 4.78 is 0. The SMILES string of the molecule is Nc1nc(N)c2c(n1)CN(C(=O)c1cccc(Cl)c1)C2. The smallest absolute Gasteiger partial charge is 0.254 e. The number of carbonyl (C=O) groups is 1. The average Bonchev–Trinajstić information content (AvgIpc) is 2.82. The molecule has 1 aromatic carbocycles. The van der Waals surface area contributed by atoms with Crippen LogP contribution in [0.3, 0.4) is 0 Å². The second-order valence-electron chi connectivity index (χ2n) is 4.56. The molecule has 0 aliphatic carbocycles. The molecule has 4 N–H and O–H groups in total. The first-order valence-corrected chi connectivity index (χ1v) is 6.38. The average molecular weight is 290 g/mol. The molecule has 1 amide bonds. The summed E-state index contributed by atoms with van der Waals surface area (Å²) in [6, 6.07) is 6.82. The number of benzene rings is 1. The van der Waals surface area contributed by atoms with Crippen LogP contribution in [-0.2, 0) is 13.1 Å². The molecular weight excluding hydrogens is 278 g/mol. The van der Waals surface area contributed by atoms with E-state index in [2.05, 4.69) is 9.97 Å². The summed E-state index contributed by atoms with van der Waals surface area (Å²) in [5, 5.41) is 0.524. The number of nitrogen functional groups attached to an aromatic ring is 2. The van der Waals surface area contributed by atoms with Gasteiger partial charge in [-0.15, -0.1) is 0 Å². The van der Waals surface area contributed by atoms with Gasteiger partial charge < -0.3 is 16.4 Å². The Bertz CT molecular complexity index is 703. The van der Waals surface area contributed by atoms with E-state index in [0.29, 0.717) is 35.2 Å². The van der Waals surface area contributed by atoms with E-state index < -0.39 is 0 Å². The number of hydrogen-bond donors (Lipinski definition) is 2. The predicted octanol–water partition coefficient (Wildman–Crippen LogP) is 1.45. The Kier molecular flexibility index (Phi) is 2.94. The number of carbonyl (C=O) groups excluding carboxylic acids is 1. The van der Waals surface area contributed by atoms with Crippen molar-refractivity contribution in [1.29, 1.82) is 0 Å². The number of fused-ring (bicyclic) bond motifs is 1. The molecular formula is C13H12ClN5O. The van der Waals surface area contributed by atoms with E-state index in [4.69, 9.17) is 23.1 Å². The Balaban J connectivity index is 1.88. The molecule has 102 valence electrons. The number of nitrogens with two attached hydrogens (primary N) is 2. The summed E-state index contributed by atoms with van der Waals surface area (Å²) >= 11 is 5.90. The molecule has 0 spiro atoms. The lowest BCUT2D eigenvalue weighted by molar-refractivity contribution is 0.0750. The summed E-state index contributed by atoms with van der Waals surface area (Å²) in [5.74, 6) is 0.329. The van der Waals surface area contributed by atoms with Crippen molar-refractivity contribution in [1.82, 2.24) is 14.9 Å². The first-order valence-electron chi connectivity index (χ1n) is 6.00. The van der Waals surface area contributed by atoms with Crippen LogP contribution in [0, 0.1) is 0 Å². The molecule has 7 heteroatoms. The second kappa shape index (κ2) is 4.64. The summed E-state index contributed by atoms with van der Waals surface area (Å²) in [4.78, 5) is 22.1. The topological polar surface area (TPSA) is 98.1 Å². The molecule has 1 aliphatic rings. The van der Waals surface area contributed by atoms with Crippen molar-refractivity contribution in [3.05, 3.63) is 46.1 Å². The molecule has 20 heavy (non-hydrogen) atoms. The van der Waals surface area contributed by atoms with Gasteiger partial charge in [-0.3, -0.25) is 4.79 Å². The van der Waals surface area contributed by atoms with E-state index in [9.17, 15) is 4.79 Å². The third-order valence-electron chi connectivity index (χ3n) is 3.19. The number of rotatable bonds is 1. The van der Waals surface area contributed by atoms with Crippen molar-refractivity contribution >= 4 is 29.3 Å². The highest BCUT2D eigenvalue weighted by atomic mass is 35.5. The van der Waals surface area contributed by atoms with Crippen LogP contribution in [0.1, 0.15) is 21.6 Å². The van der Waals surface area contributed by atoms with Crippen molar-refractivity contribution in [3.8, 4) is 0 Å². The van der Waals surface area contributed by atoms with E-state index in [-0.39, 0.29) is 11.9 Å². The molecule has 2 heterocycles. The summed E-state index contributed by atoms with van der Waals surface area (Å²) in [5.41, 5.74) is 13.4. The van der Waals surface area contributed by atoms with Gasteiger partial charge in [0.05, 0.1) is 18.8 Å². The Morgan fingerprint density at radius 1 is 1.25 bits per heavy atom. The Morgan fingerprint density at radius 3 is 2.80 bits per heavy atom. The zero-order valence-corrected chi connectivity index (χ0v) is 11.3. The number of aromatic nitrogens is 2. The number of nitrogens with zero attached hydrogens (tertiary/aromatic N) is 3. The van der Waals surface area contributed by atoms with Crippen LogP contribution >= 0.6 is 11.6 Å². The minimum absolute atomic E-state index is 0.122. The van der Waals surface area contributed by atoms with Crippen LogP contribution in [0.5, 0.6) is 0 Å². The minimum atomic E-state index is -0.122. The molecule has 0 saturated heterocycles. The van der Waals surface area contributed by atoms with Gasteiger partial charge in [-0.05, 0) is 18.2 Å². The third-order valence-corrected chi connectivity index (χ3v) is 3.43. The van der Waals surface area contributed by atoms with Crippen LogP contribution in [0.25, 0.3) is 0 Å². The van der Waals surface area contributed by atoms with Crippen LogP contribution in [-0.4, -0.2) is 20.8 Å². The number of halogens is 1. The Labute approximate surface area is 120 Å². The molecule has 1 aromatic heterocycles. The van der Waals surface area contributed by atoms with E-state index in [0.717, 1.165) is 5.56 Å². The maximum Gasteiger partial charge on any atom is 0.254 e. The molecule has 1 aliphatic heterocycles. The van der Waals surface area contributed by atoms with Crippen LogP contribution in [0.4, 0.5) is 11.8 Å². The molecule has 6 nitrogen and oxygen atoms in total. The molecule has 0 bridgehead atoms. The van der Waals surface area contributed by atoms with Crippen LogP contribution in [0.2, 0.25) is 5.02 Å². The van der Waals surface area contributed by atoms with Crippen molar-refractivity contribution in [2.45, 2.75) is 13.1 Å². The molecule has 0 atom stereocenters. The first-order chi connectivity index (χ1) is 9.54. The zero-order valence-electron chi connectivity index (χ0n) is 10.5. The van der Waals surface area contributed by atoms with Gasteiger partial charge in [0.2, 0.25) is 5.95 Å². The molecule has 0 saturated carbocycles. The highest BCUT2D eigenvalue weighted by molar-refractivity contribution is 6.30. The van der Waals surface area contributed by atoms with Crippen LogP contribution < -0.4 is 11.5 Å². The fourth-order valence-electron chi connectivity index (χ4n) is 2.25. The van der Waals surface area contributed by atoms with E-state index >= 15 is 0 Å². The fourth-order valence-corrected chi connectivity index (χ4v) is 2.44. The lowest BCUT2D eigenvalue weighted by atomic mass is 10.2. The van der Waals surface area contributed by atoms with Crippen molar-refractivity contribution in [2.24, 2.45) is 0 Å². The van der Waals surface area contributed by atoms with Gasteiger partial charge in [-0.2, -0.15) is 4.98 Å².